The van der Waals surface area contributed by atoms with Gasteiger partial charge in [0.25, 0.3) is 0 Å². The van der Waals surface area contributed by atoms with Gasteiger partial charge >= 0.3 is 0 Å². The molecule has 0 unspecified atom stereocenters. The SMILES string of the molecule is C=Cc1cccc(NC)c1/C=C\N(C)C. The van der Waals surface area contributed by atoms with E-state index in [1.807, 2.05) is 44.4 Å². The molecule has 1 aromatic rings. The zero-order valence-corrected chi connectivity index (χ0v) is 9.62. The van der Waals surface area contributed by atoms with Gasteiger partial charge in [-0.05, 0) is 23.9 Å². The van der Waals surface area contributed by atoms with Crippen LogP contribution in [0, 0.1) is 0 Å². The van der Waals surface area contributed by atoms with Crippen molar-refractivity contribution in [1.82, 2.24) is 4.90 Å². The van der Waals surface area contributed by atoms with Crippen molar-refractivity contribution in [2.75, 3.05) is 26.5 Å². The van der Waals surface area contributed by atoms with Crippen LogP contribution in [0.2, 0.25) is 0 Å². The third kappa shape index (κ3) is 2.88. The minimum Gasteiger partial charge on any atom is -0.388 e. The van der Waals surface area contributed by atoms with Crippen molar-refractivity contribution < 1.29 is 0 Å². The minimum atomic E-state index is 1.12. The highest BCUT2D eigenvalue weighted by atomic mass is 15.0. The molecular weight excluding hydrogens is 184 g/mol. The Morgan fingerprint density at radius 3 is 2.60 bits per heavy atom. The highest BCUT2D eigenvalue weighted by Gasteiger charge is 2.00. The van der Waals surface area contributed by atoms with Crippen molar-refractivity contribution >= 4 is 17.8 Å². The fourth-order valence-electron chi connectivity index (χ4n) is 1.39. The lowest BCUT2D eigenvalue weighted by Crippen LogP contribution is -2.00. The number of benzene rings is 1. The van der Waals surface area contributed by atoms with Gasteiger partial charge in [-0.3, -0.25) is 0 Å². The zero-order valence-electron chi connectivity index (χ0n) is 9.62. The molecule has 0 aliphatic heterocycles. The summed E-state index contributed by atoms with van der Waals surface area (Å²) in [7, 11) is 5.94. The van der Waals surface area contributed by atoms with E-state index in [1.165, 1.54) is 5.56 Å². The summed E-state index contributed by atoms with van der Waals surface area (Å²) in [5, 5.41) is 3.18. The Kier molecular flexibility index (Phi) is 3.98. The maximum atomic E-state index is 3.82. The van der Waals surface area contributed by atoms with E-state index < -0.39 is 0 Å². The second-order valence-electron chi connectivity index (χ2n) is 3.54. The van der Waals surface area contributed by atoms with Crippen LogP contribution in [0.1, 0.15) is 11.1 Å². The van der Waals surface area contributed by atoms with Crippen LogP contribution in [0.25, 0.3) is 12.2 Å². The van der Waals surface area contributed by atoms with Gasteiger partial charge in [-0.1, -0.05) is 24.8 Å². The van der Waals surface area contributed by atoms with Crippen LogP contribution in [0.4, 0.5) is 5.69 Å². The first-order valence-electron chi connectivity index (χ1n) is 4.97. The number of hydrogen-bond donors (Lipinski definition) is 1. The van der Waals surface area contributed by atoms with E-state index >= 15 is 0 Å². The molecular formula is C13H18N2. The van der Waals surface area contributed by atoms with E-state index in [4.69, 9.17) is 0 Å². The Hall–Kier alpha value is -1.70. The van der Waals surface area contributed by atoms with Crippen LogP contribution < -0.4 is 5.32 Å². The molecule has 0 atom stereocenters. The molecule has 0 fully saturated rings. The first-order valence-corrected chi connectivity index (χ1v) is 4.97. The van der Waals surface area contributed by atoms with Gasteiger partial charge in [-0.25, -0.2) is 0 Å². The lowest BCUT2D eigenvalue weighted by Gasteiger charge is -2.10. The summed E-state index contributed by atoms with van der Waals surface area (Å²) in [5.74, 6) is 0. The summed E-state index contributed by atoms with van der Waals surface area (Å²) in [6, 6.07) is 6.14. The summed E-state index contributed by atoms with van der Waals surface area (Å²) >= 11 is 0. The van der Waals surface area contributed by atoms with Gasteiger partial charge in [0, 0.05) is 32.4 Å². The molecule has 2 heteroatoms. The molecule has 0 aliphatic carbocycles. The molecule has 2 nitrogen and oxygen atoms in total. The minimum absolute atomic E-state index is 1.12. The quantitative estimate of drug-likeness (QED) is 0.807. The number of hydrogen-bond acceptors (Lipinski definition) is 2. The summed E-state index contributed by atoms with van der Waals surface area (Å²) in [6.07, 6.45) is 5.99. The van der Waals surface area contributed by atoms with E-state index in [9.17, 15) is 0 Å². The van der Waals surface area contributed by atoms with Crippen molar-refractivity contribution in [3.8, 4) is 0 Å². The zero-order chi connectivity index (χ0) is 11.3. The topological polar surface area (TPSA) is 15.3 Å². The summed E-state index contributed by atoms with van der Waals surface area (Å²) in [4.78, 5) is 2.01. The molecule has 1 N–H and O–H groups in total. The third-order valence-electron chi connectivity index (χ3n) is 2.17. The number of nitrogens with one attached hydrogen (secondary N) is 1. The van der Waals surface area contributed by atoms with Crippen LogP contribution in [0.15, 0.2) is 31.0 Å². The molecule has 1 aromatic carbocycles. The molecule has 0 saturated carbocycles. The second kappa shape index (κ2) is 5.25. The Bertz CT molecular complexity index is 365. The molecule has 80 valence electrons. The average Bonchev–Trinajstić information content (AvgIpc) is 2.25. The van der Waals surface area contributed by atoms with Crippen LogP contribution in [-0.2, 0) is 0 Å². The maximum absolute atomic E-state index is 3.82. The van der Waals surface area contributed by atoms with Crippen LogP contribution in [-0.4, -0.2) is 26.0 Å². The third-order valence-corrected chi connectivity index (χ3v) is 2.17. The van der Waals surface area contributed by atoms with Crippen molar-refractivity contribution in [2.45, 2.75) is 0 Å². The lowest BCUT2D eigenvalue weighted by atomic mass is 10.1. The van der Waals surface area contributed by atoms with Gasteiger partial charge in [0.2, 0.25) is 0 Å². The van der Waals surface area contributed by atoms with E-state index in [2.05, 4.69) is 30.1 Å². The van der Waals surface area contributed by atoms with Crippen LogP contribution >= 0.6 is 0 Å². The van der Waals surface area contributed by atoms with Gasteiger partial charge in [0.15, 0.2) is 0 Å². The summed E-state index contributed by atoms with van der Waals surface area (Å²) in [6.45, 7) is 3.82. The molecule has 0 amide bonds. The molecule has 0 heterocycles. The van der Waals surface area contributed by atoms with Crippen LogP contribution in [0.3, 0.4) is 0 Å². The molecule has 0 spiro atoms. The van der Waals surface area contributed by atoms with Gasteiger partial charge in [-0.2, -0.15) is 0 Å². The molecule has 0 aromatic heterocycles. The monoisotopic (exact) mass is 202 g/mol. The van der Waals surface area contributed by atoms with Gasteiger partial charge in [0.05, 0.1) is 0 Å². The molecule has 15 heavy (non-hydrogen) atoms. The highest BCUT2D eigenvalue weighted by molar-refractivity contribution is 5.75. The summed E-state index contributed by atoms with van der Waals surface area (Å²) in [5.41, 5.74) is 3.43. The largest absolute Gasteiger partial charge is 0.388 e. The predicted molar refractivity (Wildman–Crippen MR) is 68.8 cm³/mol. The standard InChI is InChI=1S/C13H18N2/c1-5-11-7-6-8-13(14-2)12(11)9-10-15(3)4/h5-10,14H,1H2,2-4H3/b10-9-. The van der Waals surface area contributed by atoms with Crippen molar-refractivity contribution in [3.05, 3.63) is 42.1 Å². The van der Waals surface area contributed by atoms with Gasteiger partial charge in [0.1, 0.15) is 0 Å². The lowest BCUT2D eigenvalue weighted by molar-refractivity contribution is 0.567. The average molecular weight is 202 g/mol. The molecule has 0 aliphatic rings. The van der Waals surface area contributed by atoms with Crippen molar-refractivity contribution in [2.24, 2.45) is 0 Å². The van der Waals surface area contributed by atoms with Crippen LogP contribution in [0.5, 0.6) is 0 Å². The first kappa shape index (κ1) is 11.4. The smallest absolute Gasteiger partial charge is 0.0417 e. The molecule has 0 radical (unpaired) electrons. The Labute approximate surface area is 91.9 Å². The molecule has 1 rings (SSSR count). The number of anilines is 1. The second-order valence-corrected chi connectivity index (χ2v) is 3.54. The van der Waals surface area contributed by atoms with E-state index in [-0.39, 0.29) is 0 Å². The Morgan fingerprint density at radius 2 is 2.07 bits per heavy atom. The van der Waals surface area contributed by atoms with Crippen molar-refractivity contribution in [1.29, 1.82) is 0 Å². The van der Waals surface area contributed by atoms with E-state index in [0.29, 0.717) is 0 Å². The number of rotatable bonds is 4. The van der Waals surface area contributed by atoms with E-state index in [1.54, 1.807) is 0 Å². The normalized spacial score (nSPS) is 10.3. The highest BCUT2D eigenvalue weighted by Crippen LogP contribution is 2.22. The molecule has 0 saturated heterocycles. The molecule has 0 bridgehead atoms. The predicted octanol–water partition coefficient (Wildman–Crippen LogP) is 2.90. The van der Waals surface area contributed by atoms with Crippen molar-refractivity contribution in [3.63, 3.8) is 0 Å². The summed E-state index contributed by atoms with van der Waals surface area (Å²) < 4.78 is 0. The maximum Gasteiger partial charge on any atom is 0.0417 e. The Balaban J connectivity index is 3.16. The number of nitrogens with zero attached hydrogens (tertiary/aromatic N) is 1. The Morgan fingerprint density at radius 1 is 1.33 bits per heavy atom. The van der Waals surface area contributed by atoms with Gasteiger partial charge < -0.3 is 10.2 Å². The first-order chi connectivity index (χ1) is 7.19. The van der Waals surface area contributed by atoms with Gasteiger partial charge in [-0.15, -0.1) is 0 Å². The van der Waals surface area contributed by atoms with E-state index in [0.717, 1.165) is 11.3 Å². The fourth-order valence-corrected chi connectivity index (χ4v) is 1.39. The fraction of sp³-hybridized carbons (Fsp3) is 0.231.